The Kier molecular flexibility index (Phi) is 7.28. The van der Waals surface area contributed by atoms with Gasteiger partial charge >= 0.3 is 0 Å². The summed E-state index contributed by atoms with van der Waals surface area (Å²) in [4.78, 5) is 20.4. The average Bonchev–Trinajstić information content (AvgIpc) is 2.58. The molecule has 8 heteroatoms. The molecule has 0 saturated carbocycles. The summed E-state index contributed by atoms with van der Waals surface area (Å²) in [5, 5.41) is 9.64. The van der Waals surface area contributed by atoms with Gasteiger partial charge in [0.05, 0.1) is 0 Å². The van der Waals surface area contributed by atoms with Gasteiger partial charge in [-0.05, 0) is 38.1 Å². The Labute approximate surface area is 152 Å². The number of rotatable bonds is 9. The number of nitrogens with zero attached hydrogens (tertiary/aromatic N) is 2. The number of benzene rings is 1. The van der Waals surface area contributed by atoms with Gasteiger partial charge < -0.3 is 20.7 Å². The molecule has 2 aromatic rings. The Balaban J connectivity index is 1.68. The minimum absolute atomic E-state index is 0.0428. The van der Waals surface area contributed by atoms with Crippen LogP contribution in [0.1, 0.15) is 12.6 Å². The Morgan fingerprint density at radius 1 is 1.16 bits per heavy atom. The molecule has 0 aliphatic heterocycles. The van der Waals surface area contributed by atoms with Crippen molar-refractivity contribution in [1.82, 2.24) is 15.3 Å². The van der Waals surface area contributed by atoms with Crippen molar-refractivity contribution in [2.45, 2.75) is 13.8 Å². The minimum Gasteiger partial charge on any atom is -0.484 e. The molecule has 0 aliphatic carbocycles. The van der Waals surface area contributed by atoms with Crippen LogP contribution in [0, 0.1) is 6.92 Å². The van der Waals surface area contributed by atoms with Gasteiger partial charge in [-0.15, -0.1) is 0 Å². The minimum atomic E-state index is -0.191. The van der Waals surface area contributed by atoms with Crippen molar-refractivity contribution in [2.24, 2.45) is 0 Å². The summed E-state index contributed by atoms with van der Waals surface area (Å²) in [6, 6.07) is 8.72. The van der Waals surface area contributed by atoms with Crippen LogP contribution >= 0.6 is 11.6 Å². The number of hydrogen-bond acceptors (Lipinski definition) is 6. The SMILES string of the molecule is CCNc1nc(C)cc(NCCNC(=O)COc2ccc(Cl)cc2)n1. The maximum atomic E-state index is 11.8. The van der Waals surface area contributed by atoms with Crippen LogP contribution in [0.4, 0.5) is 11.8 Å². The first-order chi connectivity index (χ1) is 12.1. The van der Waals surface area contributed by atoms with E-state index in [2.05, 4.69) is 25.9 Å². The number of aryl methyl sites for hydroxylation is 1. The van der Waals surface area contributed by atoms with Gasteiger partial charge in [0.15, 0.2) is 6.61 Å². The quantitative estimate of drug-likeness (QED) is 0.593. The Morgan fingerprint density at radius 3 is 2.64 bits per heavy atom. The normalized spacial score (nSPS) is 10.2. The molecule has 2 rings (SSSR count). The lowest BCUT2D eigenvalue weighted by molar-refractivity contribution is -0.123. The van der Waals surface area contributed by atoms with Crippen LogP contribution in [0.2, 0.25) is 5.02 Å². The summed E-state index contributed by atoms with van der Waals surface area (Å²) in [5.41, 5.74) is 0.869. The third kappa shape index (κ3) is 6.84. The number of ether oxygens (including phenoxy) is 1. The smallest absolute Gasteiger partial charge is 0.258 e. The summed E-state index contributed by atoms with van der Waals surface area (Å²) < 4.78 is 5.38. The first kappa shape index (κ1) is 18.8. The van der Waals surface area contributed by atoms with Gasteiger partial charge in [0, 0.05) is 36.4 Å². The predicted octanol–water partition coefficient (Wildman–Crippen LogP) is 2.48. The van der Waals surface area contributed by atoms with E-state index < -0.39 is 0 Å². The highest BCUT2D eigenvalue weighted by molar-refractivity contribution is 6.30. The van der Waals surface area contributed by atoms with Crippen LogP contribution in [-0.4, -0.2) is 42.1 Å². The Hall–Kier alpha value is -2.54. The molecule has 1 heterocycles. The van der Waals surface area contributed by atoms with E-state index in [-0.39, 0.29) is 12.5 Å². The van der Waals surface area contributed by atoms with E-state index in [9.17, 15) is 4.79 Å². The van der Waals surface area contributed by atoms with Crippen molar-refractivity contribution in [3.05, 3.63) is 41.0 Å². The molecule has 0 fully saturated rings. The van der Waals surface area contributed by atoms with Crippen LogP contribution in [0.5, 0.6) is 5.75 Å². The number of nitrogens with one attached hydrogen (secondary N) is 3. The van der Waals surface area contributed by atoms with Gasteiger partial charge in [0.1, 0.15) is 11.6 Å². The van der Waals surface area contributed by atoms with Gasteiger partial charge in [0.25, 0.3) is 5.91 Å². The monoisotopic (exact) mass is 363 g/mol. The number of halogens is 1. The van der Waals surface area contributed by atoms with Gasteiger partial charge in [-0.25, -0.2) is 4.98 Å². The third-order valence-corrected chi connectivity index (χ3v) is 3.38. The number of anilines is 2. The van der Waals surface area contributed by atoms with E-state index >= 15 is 0 Å². The fourth-order valence-electron chi connectivity index (χ4n) is 2.02. The molecule has 0 radical (unpaired) electrons. The van der Waals surface area contributed by atoms with Crippen molar-refractivity contribution < 1.29 is 9.53 Å². The molecule has 3 N–H and O–H groups in total. The summed E-state index contributed by atoms with van der Waals surface area (Å²) in [6.07, 6.45) is 0. The number of aromatic nitrogens is 2. The molecule has 0 atom stereocenters. The van der Waals surface area contributed by atoms with Crippen molar-refractivity contribution in [2.75, 3.05) is 36.9 Å². The molecule has 0 saturated heterocycles. The molecule has 1 amide bonds. The van der Waals surface area contributed by atoms with Gasteiger partial charge in [-0.1, -0.05) is 11.6 Å². The van der Waals surface area contributed by atoms with E-state index in [4.69, 9.17) is 16.3 Å². The van der Waals surface area contributed by atoms with Crippen LogP contribution in [0.25, 0.3) is 0 Å². The molecule has 0 spiro atoms. The maximum Gasteiger partial charge on any atom is 0.258 e. The first-order valence-corrected chi connectivity index (χ1v) is 8.43. The molecule has 1 aromatic carbocycles. The van der Waals surface area contributed by atoms with Crippen molar-refractivity contribution in [3.8, 4) is 5.75 Å². The lowest BCUT2D eigenvalue weighted by Gasteiger charge is -2.10. The lowest BCUT2D eigenvalue weighted by atomic mass is 10.3. The third-order valence-electron chi connectivity index (χ3n) is 3.13. The maximum absolute atomic E-state index is 11.8. The zero-order valence-electron chi connectivity index (χ0n) is 14.3. The summed E-state index contributed by atoms with van der Waals surface area (Å²) in [5.74, 6) is 1.72. The molecule has 0 bridgehead atoms. The molecular formula is C17H22ClN5O2. The second kappa shape index (κ2) is 9.68. The predicted molar refractivity (Wildman–Crippen MR) is 99.4 cm³/mol. The van der Waals surface area contributed by atoms with Gasteiger partial charge in [0.2, 0.25) is 5.95 Å². The molecule has 25 heavy (non-hydrogen) atoms. The van der Waals surface area contributed by atoms with Gasteiger partial charge in [-0.2, -0.15) is 4.98 Å². The van der Waals surface area contributed by atoms with Gasteiger partial charge in [-0.3, -0.25) is 4.79 Å². The summed E-state index contributed by atoms with van der Waals surface area (Å²) >= 11 is 5.79. The largest absolute Gasteiger partial charge is 0.484 e. The van der Waals surface area contributed by atoms with Crippen LogP contribution in [-0.2, 0) is 4.79 Å². The van der Waals surface area contributed by atoms with E-state index in [1.807, 2.05) is 19.9 Å². The molecule has 7 nitrogen and oxygen atoms in total. The fraction of sp³-hybridized carbons (Fsp3) is 0.353. The van der Waals surface area contributed by atoms with E-state index in [1.165, 1.54) is 0 Å². The average molecular weight is 364 g/mol. The second-order valence-corrected chi connectivity index (χ2v) is 5.70. The van der Waals surface area contributed by atoms with E-state index in [0.717, 1.165) is 18.1 Å². The van der Waals surface area contributed by atoms with Crippen molar-refractivity contribution >= 4 is 29.3 Å². The Bertz CT molecular complexity index is 694. The molecular weight excluding hydrogens is 342 g/mol. The number of carbonyl (C=O) groups is 1. The Morgan fingerprint density at radius 2 is 1.92 bits per heavy atom. The lowest BCUT2D eigenvalue weighted by Crippen LogP contribution is -2.32. The van der Waals surface area contributed by atoms with Crippen LogP contribution < -0.4 is 20.7 Å². The second-order valence-electron chi connectivity index (χ2n) is 5.27. The topological polar surface area (TPSA) is 88.2 Å². The molecule has 0 unspecified atom stereocenters. The van der Waals surface area contributed by atoms with Crippen LogP contribution in [0.3, 0.4) is 0 Å². The number of carbonyl (C=O) groups excluding carboxylic acids is 1. The zero-order chi connectivity index (χ0) is 18.1. The first-order valence-electron chi connectivity index (χ1n) is 8.05. The summed E-state index contributed by atoms with van der Waals surface area (Å²) in [7, 11) is 0. The number of hydrogen-bond donors (Lipinski definition) is 3. The standard InChI is InChI=1S/C17H22ClN5O2/c1-3-19-17-22-12(2)10-15(23-17)20-8-9-21-16(24)11-25-14-6-4-13(18)5-7-14/h4-7,10H,3,8-9,11H2,1-2H3,(H,21,24)(H2,19,20,22,23). The molecule has 0 aliphatic rings. The van der Waals surface area contributed by atoms with Crippen molar-refractivity contribution in [1.29, 1.82) is 0 Å². The molecule has 1 aromatic heterocycles. The van der Waals surface area contributed by atoms with E-state index in [0.29, 0.717) is 29.8 Å². The van der Waals surface area contributed by atoms with Crippen LogP contribution in [0.15, 0.2) is 30.3 Å². The summed E-state index contributed by atoms with van der Waals surface area (Å²) in [6.45, 7) is 5.62. The molecule has 134 valence electrons. The number of amides is 1. The van der Waals surface area contributed by atoms with Crippen molar-refractivity contribution in [3.63, 3.8) is 0 Å². The fourth-order valence-corrected chi connectivity index (χ4v) is 2.15. The highest BCUT2D eigenvalue weighted by atomic mass is 35.5. The highest BCUT2D eigenvalue weighted by Gasteiger charge is 2.04. The zero-order valence-corrected chi connectivity index (χ0v) is 15.1. The van der Waals surface area contributed by atoms with E-state index in [1.54, 1.807) is 24.3 Å². The highest BCUT2D eigenvalue weighted by Crippen LogP contribution is 2.15.